The highest BCUT2D eigenvalue weighted by Crippen LogP contribution is 2.31. The predicted octanol–water partition coefficient (Wildman–Crippen LogP) is 2.71. The number of amides is 1. The Morgan fingerprint density at radius 2 is 2.36 bits per heavy atom. The summed E-state index contributed by atoms with van der Waals surface area (Å²) in [7, 11) is 0. The van der Waals surface area contributed by atoms with Crippen LogP contribution in [0.4, 0.5) is 0 Å². The fourth-order valence-corrected chi connectivity index (χ4v) is 2.66. The molecule has 1 heterocycles. The van der Waals surface area contributed by atoms with Crippen LogP contribution < -0.4 is 5.32 Å². The Balaban J connectivity index is 2.02. The van der Waals surface area contributed by atoms with E-state index in [1.165, 1.54) is 17.8 Å². The lowest BCUT2D eigenvalue weighted by molar-refractivity contribution is 0.0854. The number of thiophene rings is 1. The molecule has 1 amide bonds. The zero-order chi connectivity index (χ0) is 10.2. The van der Waals surface area contributed by atoms with Crippen LogP contribution in [0.25, 0.3) is 0 Å². The van der Waals surface area contributed by atoms with E-state index >= 15 is 0 Å². The molecule has 2 nitrogen and oxygen atoms in total. The second kappa shape index (κ2) is 3.59. The first-order valence-corrected chi connectivity index (χ1v) is 6.02. The van der Waals surface area contributed by atoms with E-state index in [4.69, 9.17) is 0 Å². The molecule has 2 rings (SSSR count). The third-order valence-corrected chi connectivity index (χ3v) is 4.04. The monoisotopic (exact) mass is 227 g/mol. The third-order valence-electron chi connectivity index (χ3n) is 2.68. The molecule has 1 aliphatic carbocycles. The quantitative estimate of drug-likeness (QED) is 0.747. The van der Waals surface area contributed by atoms with E-state index in [1.54, 1.807) is 0 Å². The molecule has 1 saturated carbocycles. The molecule has 1 aromatic heterocycles. The van der Waals surface area contributed by atoms with Crippen molar-refractivity contribution in [2.45, 2.75) is 36.6 Å². The van der Waals surface area contributed by atoms with Gasteiger partial charge in [-0.25, -0.2) is 0 Å². The molecule has 4 heteroatoms. The van der Waals surface area contributed by atoms with Crippen LogP contribution in [-0.4, -0.2) is 11.4 Å². The first-order chi connectivity index (χ1) is 6.59. The summed E-state index contributed by atoms with van der Waals surface area (Å²) in [4.78, 5) is 13.3. The molecule has 14 heavy (non-hydrogen) atoms. The fraction of sp³-hybridized carbons (Fsp3) is 0.500. The van der Waals surface area contributed by atoms with Crippen molar-refractivity contribution in [2.75, 3.05) is 0 Å². The zero-order valence-corrected chi connectivity index (χ0v) is 9.75. The molecule has 1 aliphatic rings. The maximum Gasteiger partial charge on any atom is 0.261 e. The summed E-state index contributed by atoms with van der Waals surface area (Å²) in [6, 6.07) is 1.81. The van der Waals surface area contributed by atoms with Crippen molar-refractivity contribution in [3.63, 3.8) is 0 Å². The molecule has 0 spiro atoms. The Morgan fingerprint density at radius 1 is 1.64 bits per heavy atom. The average Bonchev–Trinajstić information content (AvgIpc) is 2.49. The predicted molar refractivity (Wildman–Crippen MR) is 61.3 cm³/mol. The molecule has 76 valence electrons. The lowest BCUT2D eigenvalue weighted by Gasteiger charge is -2.38. The molecule has 0 aromatic carbocycles. The maximum absolute atomic E-state index is 11.7. The van der Waals surface area contributed by atoms with Crippen molar-refractivity contribution in [2.24, 2.45) is 0 Å². The minimum Gasteiger partial charge on any atom is -0.346 e. The van der Waals surface area contributed by atoms with Crippen molar-refractivity contribution in [3.05, 3.63) is 16.3 Å². The smallest absolute Gasteiger partial charge is 0.261 e. The third kappa shape index (κ3) is 1.96. The van der Waals surface area contributed by atoms with Crippen molar-refractivity contribution in [3.8, 4) is 0 Å². The van der Waals surface area contributed by atoms with E-state index in [0.717, 1.165) is 22.6 Å². The van der Waals surface area contributed by atoms with Gasteiger partial charge in [-0.3, -0.25) is 4.79 Å². The van der Waals surface area contributed by atoms with Crippen LogP contribution in [0.1, 0.15) is 35.9 Å². The Kier molecular flexibility index (Phi) is 2.58. The molecule has 0 radical (unpaired) electrons. The van der Waals surface area contributed by atoms with Gasteiger partial charge in [0.05, 0.1) is 4.88 Å². The highest BCUT2D eigenvalue weighted by atomic mass is 32.1. The van der Waals surface area contributed by atoms with E-state index in [2.05, 4.69) is 24.9 Å². The number of hydrogen-bond donors (Lipinski definition) is 2. The van der Waals surface area contributed by atoms with Gasteiger partial charge in [0, 0.05) is 15.8 Å². The lowest BCUT2D eigenvalue weighted by atomic mass is 9.78. The zero-order valence-electron chi connectivity index (χ0n) is 8.04. The van der Waals surface area contributed by atoms with Gasteiger partial charge in [0.15, 0.2) is 0 Å². The minimum atomic E-state index is 0.0394. The van der Waals surface area contributed by atoms with Crippen LogP contribution in [0.15, 0.2) is 16.3 Å². The van der Waals surface area contributed by atoms with Crippen molar-refractivity contribution < 1.29 is 4.79 Å². The molecular weight excluding hydrogens is 214 g/mol. The van der Waals surface area contributed by atoms with E-state index in [1.807, 2.05) is 11.4 Å². The van der Waals surface area contributed by atoms with Crippen LogP contribution >= 0.6 is 24.0 Å². The highest BCUT2D eigenvalue weighted by molar-refractivity contribution is 7.80. The van der Waals surface area contributed by atoms with Gasteiger partial charge < -0.3 is 5.32 Å². The molecule has 0 bridgehead atoms. The lowest BCUT2D eigenvalue weighted by Crippen LogP contribution is -2.50. The summed E-state index contributed by atoms with van der Waals surface area (Å²) in [5.41, 5.74) is 0.0395. The number of hydrogen-bond acceptors (Lipinski definition) is 3. The van der Waals surface area contributed by atoms with Crippen LogP contribution in [0.5, 0.6) is 0 Å². The number of thiol groups is 1. The van der Waals surface area contributed by atoms with Crippen molar-refractivity contribution in [1.29, 1.82) is 0 Å². The number of carbonyl (C=O) groups excluding carboxylic acids is 1. The fourth-order valence-electron chi connectivity index (χ4n) is 1.61. The number of nitrogens with one attached hydrogen (secondary N) is 1. The van der Waals surface area contributed by atoms with Crippen molar-refractivity contribution in [1.82, 2.24) is 5.32 Å². The molecule has 1 N–H and O–H groups in total. The van der Waals surface area contributed by atoms with Gasteiger partial charge >= 0.3 is 0 Å². The molecular formula is C10H13NOS2. The van der Waals surface area contributed by atoms with Gasteiger partial charge in [-0.1, -0.05) is 0 Å². The van der Waals surface area contributed by atoms with Crippen molar-refractivity contribution >= 4 is 29.9 Å². The Bertz CT molecular complexity index is 355. The SMILES string of the molecule is CC1(NC(=O)c2cc(S)cs2)CCC1. The highest BCUT2D eigenvalue weighted by Gasteiger charge is 2.33. The Hall–Kier alpha value is -0.480. The summed E-state index contributed by atoms with van der Waals surface area (Å²) >= 11 is 5.62. The topological polar surface area (TPSA) is 29.1 Å². The Morgan fingerprint density at radius 3 is 2.79 bits per heavy atom. The van der Waals surface area contributed by atoms with E-state index in [0.29, 0.717) is 0 Å². The normalized spacial score (nSPS) is 18.7. The number of carbonyl (C=O) groups is 1. The number of rotatable bonds is 2. The second-order valence-electron chi connectivity index (χ2n) is 4.04. The maximum atomic E-state index is 11.7. The summed E-state index contributed by atoms with van der Waals surface area (Å²) in [5.74, 6) is 0.0394. The average molecular weight is 227 g/mol. The van der Waals surface area contributed by atoms with E-state index < -0.39 is 0 Å². The largest absolute Gasteiger partial charge is 0.346 e. The van der Waals surface area contributed by atoms with Gasteiger partial charge in [-0.05, 0) is 32.3 Å². The molecule has 0 atom stereocenters. The molecule has 0 unspecified atom stereocenters. The van der Waals surface area contributed by atoms with Gasteiger partial charge in [-0.15, -0.1) is 24.0 Å². The molecule has 0 saturated heterocycles. The van der Waals surface area contributed by atoms with Crippen LogP contribution in [0.2, 0.25) is 0 Å². The Labute approximate surface area is 93.1 Å². The van der Waals surface area contributed by atoms with E-state index in [9.17, 15) is 4.79 Å². The van der Waals surface area contributed by atoms with Gasteiger partial charge in [0.1, 0.15) is 0 Å². The second-order valence-corrected chi connectivity index (χ2v) is 5.47. The molecule has 0 aliphatic heterocycles. The minimum absolute atomic E-state index is 0.0394. The summed E-state index contributed by atoms with van der Waals surface area (Å²) < 4.78 is 0. The van der Waals surface area contributed by atoms with Crippen LogP contribution in [-0.2, 0) is 0 Å². The van der Waals surface area contributed by atoms with E-state index in [-0.39, 0.29) is 11.4 Å². The standard InChI is InChI=1S/C10H13NOS2/c1-10(3-2-4-10)11-9(12)8-5-7(13)6-14-8/h5-6,13H,2-4H2,1H3,(H,11,12). The molecule has 1 fully saturated rings. The first kappa shape index (κ1) is 10.1. The first-order valence-electron chi connectivity index (χ1n) is 4.69. The van der Waals surface area contributed by atoms with Crippen LogP contribution in [0.3, 0.4) is 0 Å². The van der Waals surface area contributed by atoms with Gasteiger partial charge in [0.25, 0.3) is 5.91 Å². The van der Waals surface area contributed by atoms with Gasteiger partial charge in [-0.2, -0.15) is 0 Å². The summed E-state index contributed by atoms with van der Waals surface area (Å²) in [6.07, 6.45) is 3.41. The summed E-state index contributed by atoms with van der Waals surface area (Å²) in [6.45, 7) is 2.10. The van der Waals surface area contributed by atoms with Crippen LogP contribution in [0, 0.1) is 0 Å². The summed E-state index contributed by atoms with van der Waals surface area (Å²) in [5, 5.41) is 4.94. The van der Waals surface area contributed by atoms with Gasteiger partial charge in [0.2, 0.25) is 0 Å². The molecule has 1 aromatic rings.